The molecule has 1 aromatic carbocycles. The zero-order chi connectivity index (χ0) is 25.0. The maximum atomic E-state index is 12.8. The fourth-order valence-electron chi connectivity index (χ4n) is 3.18. The minimum atomic E-state index is -0.661. The molecule has 0 spiro atoms. The molecule has 0 radical (unpaired) electrons. The van der Waals surface area contributed by atoms with Crippen LogP contribution in [0.25, 0.3) is 10.9 Å². The van der Waals surface area contributed by atoms with Gasteiger partial charge in [0, 0.05) is 18.9 Å². The van der Waals surface area contributed by atoms with Crippen LogP contribution in [-0.2, 0) is 16.1 Å². The Kier molecular flexibility index (Phi) is 7.19. The van der Waals surface area contributed by atoms with E-state index in [1.807, 2.05) is 12.1 Å². The van der Waals surface area contributed by atoms with Crippen molar-refractivity contribution in [1.29, 1.82) is 0 Å². The molecule has 34 heavy (non-hydrogen) atoms. The molecule has 2 N–H and O–H groups in total. The van der Waals surface area contributed by atoms with Crippen molar-refractivity contribution in [1.82, 2.24) is 15.3 Å². The van der Waals surface area contributed by atoms with Crippen molar-refractivity contribution in [2.24, 2.45) is 0 Å². The van der Waals surface area contributed by atoms with Gasteiger partial charge in [0.1, 0.15) is 11.6 Å². The highest BCUT2D eigenvalue weighted by molar-refractivity contribution is 5.93. The van der Waals surface area contributed by atoms with Gasteiger partial charge >= 0.3 is 17.7 Å². The molecule has 3 aromatic rings. The molecule has 3 rings (SSSR count). The number of hydrogen-bond acceptors (Lipinski definition) is 8. The Balaban J connectivity index is 1.79. The van der Waals surface area contributed by atoms with Crippen molar-refractivity contribution < 1.29 is 18.7 Å². The minimum absolute atomic E-state index is 0.00485. The van der Waals surface area contributed by atoms with Crippen LogP contribution in [0.2, 0.25) is 0 Å². The van der Waals surface area contributed by atoms with E-state index in [4.69, 9.17) is 9.15 Å². The van der Waals surface area contributed by atoms with Crippen LogP contribution in [0.5, 0.6) is 0 Å². The Bertz CT molecular complexity index is 1250. The summed E-state index contributed by atoms with van der Waals surface area (Å²) in [5.74, 6) is -0.272. The summed E-state index contributed by atoms with van der Waals surface area (Å²) in [4.78, 5) is 47.6. The van der Waals surface area contributed by atoms with Gasteiger partial charge in [-0.1, -0.05) is 6.07 Å². The Morgan fingerprint density at radius 1 is 1.21 bits per heavy atom. The van der Waals surface area contributed by atoms with Crippen LogP contribution in [0.4, 0.5) is 16.5 Å². The number of nitrogens with zero attached hydrogens (tertiary/aromatic N) is 3. The first-order valence-corrected chi connectivity index (χ1v) is 10.8. The molecule has 0 saturated heterocycles. The minimum Gasteiger partial charge on any atom is -0.444 e. The summed E-state index contributed by atoms with van der Waals surface area (Å²) in [5, 5.41) is 5.69. The highest BCUT2D eigenvalue weighted by atomic mass is 16.6. The van der Waals surface area contributed by atoms with Crippen molar-refractivity contribution in [3.8, 4) is 0 Å². The van der Waals surface area contributed by atoms with Crippen molar-refractivity contribution in [2.45, 2.75) is 52.8 Å². The summed E-state index contributed by atoms with van der Waals surface area (Å²) in [6.45, 7) is 8.92. The molecule has 0 fully saturated rings. The molecule has 180 valence electrons. The molecule has 0 aliphatic carbocycles. The summed E-state index contributed by atoms with van der Waals surface area (Å²) in [6, 6.07) is 8.04. The van der Waals surface area contributed by atoms with E-state index in [2.05, 4.69) is 20.6 Å². The summed E-state index contributed by atoms with van der Waals surface area (Å²) in [5.41, 5.74) is 0.742. The summed E-state index contributed by atoms with van der Waals surface area (Å²) in [7, 11) is 1.62. The van der Waals surface area contributed by atoms with Gasteiger partial charge in [0.15, 0.2) is 0 Å². The predicted molar refractivity (Wildman–Crippen MR) is 129 cm³/mol. The summed E-state index contributed by atoms with van der Waals surface area (Å²) >= 11 is 0. The van der Waals surface area contributed by atoms with Crippen LogP contribution >= 0.6 is 0 Å². The number of fused-ring (bicyclic) bond motifs is 1. The smallest absolute Gasteiger partial charge is 0.412 e. The molecule has 10 nitrogen and oxygen atoms in total. The average molecular weight is 468 g/mol. The van der Waals surface area contributed by atoms with Gasteiger partial charge in [0.05, 0.1) is 23.1 Å². The number of anilines is 2. The zero-order valence-corrected chi connectivity index (χ0v) is 20.1. The second kappa shape index (κ2) is 9.90. The Morgan fingerprint density at radius 2 is 1.94 bits per heavy atom. The molecule has 10 heteroatoms. The van der Waals surface area contributed by atoms with Gasteiger partial charge < -0.3 is 19.4 Å². The Morgan fingerprint density at radius 3 is 2.59 bits per heavy atom. The third-order valence-electron chi connectivity index (χ3n) is 5.11. The first-order valence-electron chi connectivity index (χ1n) is 10.8. The number of benzene rings is 1. The van der Waals surface area contributed by atoms with Gasteiger partial charge in [-0.2, -0.15) is 4.98 Å². The second-order valence-electron chi connectivity index (χ2n) is 8.87. The number of carbonyl (C=O) groups excluding carboxylic acids is 2. The Hall–Kier alpha value is -3.95. The molecule has 1 atom stereocenters. The Labute approximate surface area is 197 Å². The molecular weight excluding hydrogens is 438 g/mol. The lowest BCUT2D eigenvalue weighted by atomic mass is 10.1. The predicted octanol–water partition coefficient (Wildman–Crippen LogP) is 3.38. The van der Waals surface area contributed by atoms with E-state index in [1.54, 1.807) is 66.1 Å². The molecule has 0 aliphatic rings. The molecular formula is C24H29N5O5. The van der Waals surface area contributed by atoms with E-state index in [9.17, 15) is 14.4 Å². The maximum Gasteiger partial charge on any atom is 0.412 e. The number of pyridine rings is 1. The monoisotopic (exact) mass is 467 g/mol. The summed E-state index contributed by atoms with van der Waals surface area (Å²) < 4.78 is 10.7. The first-order chi connectivity index (χ1) is 16.0. The SMILES string of the molecule is Cc1c(NC(=O)OC(C)(C)C)ccc2nc(N(C)[C@@H](C)C(=O)NCc3ccccn3)oc(=O)c12. The first kappa shape index (κ1) is 24.7. The van der Waals surface area contributed by atoms with Crippen LogP contribution < -0.4 is 21.2 Å². The maximum absolute atomic E-state index is 12.8. The van der Waals surface area contributed by atoms with Crippen LogP contribution in [0, 0.1) is 6.92 Å². The van der Waals surface area contributed by atoms with Gasteiger partial charge in [0.25, 0.3) is 0 Å². The van der Waals surface area contributed by atoms with E-state index in [-0.39, 0.29) is 23.9 Å². The lowest BCUT2D eigenvalue weighted by Crippen LogP contribution is -2.43. The number of hydrogen-bond donors (Lipinski definition) is 2. The molecule has 0 bridgehead atoms. The molecule has 2 aromatic heterocycles. The topological polar surface area (TPSA) is 127 Å². The number of aromatic nitrogens is 2. The van der Waals surface area contributed by atoms with Crippen molar-refractivity contribution in [2.75, 3.05) is 17.3 Å². The fraction of sp³-hybridized carbons (Fsp3) is 0.375. The number of likely N-dealkylation sites (N-methyl/N-ethyl adjacent to an activating group) is 1. The van der Waals surface area contributed by atoms with Gasteiger partial charge in [-0.3, -0.25) is 15.1 Å². The van der Waals surface area contributed by atoms with Crippen LogP contribution in [0.3, 0.4) is 0 Å². The van der Waals surface area contributed by atoms with E-state index >= 15 is 0 Å². The van der Waals surface area contributed by atoms with Crippen LogP contribution in [0.15, 0.2) is 45.7 Å². The number of carbonyl (C=O) groups is 2. The highest BCUT2D eigenvalue weighted by Crippen LogP contribution is 2.25. The molecule has 0 saturated carbocycles. The number of nitrogens with one attached hydrogen (secondary N) is 2. The largest absolute Gasteiger partial charge is 0.444 e. The number of rotatable bonds is 6. The van der Waals surface area contributed by atoms with Crippen molar-refractivity contribution in [3.05, 3.63) is 58.2 Å². The average Bonchev–Trinajstić information content (AvgIpc) is 2.77. The van der Waals surface area contributed by atoms with E-state index in [1.165, 1.54) is 4.90 Å². The van der Waals surface area contributed by atoms with E-state index < -0.39 is 23.4 Å². The molecule has 2 amide bonds. The van der Waals surface area contributed by atoms with E-state index in [0.29, 0.717) is 16.8 Å². The van der Waals surface area contributed by atoms with Crippen molar-refractivity contribution >= 4 is 34.6 Å². The van der Waals surface area contributed by atoms with Gasteiger partial charge in [-0.25, -0.2) is 9.59 Å². The number of amides is 2. The van der Waals surface area contributed by atoms with Gasteiger partial charge in [0.2, 0.25) is 5.91 Å². The lowest BCUT2D eigenvalue weighted by molar-refractivity contribution is -0.122. The van der Waals surface area contributed by atoms with Gasteiger partial charge in [-0.15, -0.1) is 0 Å². The standard InChI is InChI=1S/C24H29N5O5/c1-14-17(28-23(32)34-24(3,4)5)10-11-18-19(14)21(31)33-22(27-18)29(6)15(2)20(30)26-13-16-9-7-8-12-25-16/h7-12,15H,13H2,1-6H3,(H,26,30)(H,28,32)/t15-/m0/s1. The van der Waals surface area contributed by atoms with Crippen LogP contribution in [0.1, 0.15) is 39.0 Å². The molecule has 2 heterocycles. The normalized spacial score (nSPS) is 12.2. The highest BCUT2D eigenvalue weighted by Gasteiger charge is 2.23. The summed E-state index contributed by atoms with van der Waals surface area (Å²) in [6.07, 6.45) is 1.02. The zero-order valence-electron chi connectivity index (χ0n) is 20.1. The second-order valence-corrected chi connectivity index (χ2v) is 8.87. The quantitative estimate of drug-likeness (QED) is 0.565. The number of ether oxygens (including phenoxy) is 1. The third kappa shape index (κ3) is 5.89. The van der Waals surface area contributed by atoms with Crippen LogP contribution in [-0.4, -0.2) is 40.7 Å². The fourth-order valence-corrected chi connectivity index (χ4v) is 3.18. The number of aryl methyl sites for hydroxylation is 1. The lowest BCUT2D eigenvalue weighted by Gasteiger charge is -2.23. The molecule has 0 unspecified atom stereocenters. The van der Waals surface area contributed by atoms with Gasteiger partial charge in [-0.05, 0) is 64.4 Å². The van der Waals surface area contributed by atoms with E-state index in [0.717, 1.165) is 5.69 Å². The van der Waals surface area contributed by atoms with Crippen molar-refractivity contribution in [3.63, 3.8) is 0 Å². The third-order valence-corrected chi connectivity index (χ3v) is 5.11. The molecule has 0 aliphatic heterocycles.